The van der Waals surface area contributed by atoms with Crippen molar-refractivity contribution in [2.24, 2.45) is 5.41 Å². The van der Waals surface area contributed by atoms with Crippen molar-refractivity contribution in [3.8, 4) is 0 Å². The normalized spacial score (nSPS) is 20.5. The van der Waals surface area contributed by atoms with Crippen LogP contribution in [0.4, 0.5) is 10.5 Å². The molecule has 0 bridgehead atoms. The molecule has 1 fully saturated rings. The smallest absolute Gasteiger partial charge is 0.407 e. The number of piperazine rings is 1. The van der Waals surface area contributed by atoms with Crippen LogP contribution >= 0.6 is 0 Å². The summed E-state index contributed by atoms with van der Waals surface area (Å²) >= 11 is 0. The number of aromatic nitrogens is 1. The number of amides is 1. The molecule has 0 saturated carbocycles. The number of hydrogen-bond donors (Lipinski definition) is 1. The van der Waals surface area contributed by atoms with E-state index < -0.39 is 6.09 Å². The molecule has 0 spiro atoms. The first-order chi connectivity index (χ1) is 8.89. The minimum absolute atomic E-state index is 0.0149. The number of hydrogen-bond acceptors (Lipinski definition) is 3. The number of nitrogens with zero attached hydrogens (tertiary/aromatic N) is 3. The Morgan fingerprint density at radius 2 is 2.16 bits per heavy atom. The van der Waals surface area contributed by atoms with Gasteiger partial charge in [-0.05, 0) is 17.5 Å². The van der Waals surface area contributed by atoms with Crippen LogP contribution in [-0.4, -0.2) is 46.8 Å². The zero-order valence-corrected chi connectivity index (χ0v) is 11.7. The number of carbonyl (C=O) groups is 1. The number of pyridine rings is 1. The summed E-state index contributed by atoms with van der Waals surface area (Å²) in [5, 5.41) is 9.32. The molecule has 5 nitrogen and oxygen atoms in total. The maximum atomic E-state index is 11.3. The predicted molar refractivity (Wildman–Crippen MR) is 74.4 cm³/mol. The summed E-state index contributed by atoms with van der Waals surface area (Å²) in [5.74, 6) is 0. The van der Waals surface area contributed by atoms with Gasteiger partial charge in [0.15, 0.2) is 0 Å². The summed E-state index contributed by atoms with van der Waals surface area (Å²) in [7, 11) is 0. The van der Waals surface area contributed by atoms with Gasteiger partial charge in [0, 0.05) is 25.8 Å². The lowest BCUT2D eigenvalue weighted by molar-refractivity contribution is 0.0748. The van der Waals surface area contributed by atoms with Crippen molar-refractivity contribution in [3.63, 3.8) is 0 Å². The summed E-state index contributed by atoms with van der Waals surface area (Å²) < 4.78 is 0. The van der Waals surface area contributed by atoms with Gasteiger partial charge in [-0.2, -0.15) is 0 Å². The zero-order chi connectivity index (χ0) is 14.0. The largest absolute Gasteiger partial charge is 0.465 e. The van der Waals surface area contributed by atoms with Crippen LogP contribution in [0.5, 0.6) is 0 Å². The molecule has 1 unspecified atom stereocenters. The number of anilines is 1. The van der Waals surface area contributed by atoms with Gasteiger partial charge in [-0.15, -0.1) is 0 Å². The molecule has 19 heavy (non-hydrogen) atoms. The van der Waals surface area contributed by atoms with Gasteiger partial charge in [0.25, 0.3) is 0 Å². The molecule has 2 rings (SSSR count). The van der Waals surface area contributed by atoms with Crippen molar-refractivity contribution in [1.82, 2.24) is 9.88 Å². The fourth-order valence-corrected chi connectivity index (χ4v) is 2.53. The van der Waals surface area contributed by atoms with E-state index in [1.54, 1.807) is 11.1 Å². The molecule has 1 aromatic rings. The molecule has 0 aromatic carbocycles. The summed E-state index contributed by atoms with van der Waals surface area (Å²) in [6, 6.07) is 3.91. The van der Waals surface area contributed by atoms with E-state index in [1.165, 1.54) is 0 Å². The Bertz CT molecular complexity index is 442. The number of carboxylic acid groups (broad SMARTS) is 1. The maximum Gasteiger partial charge on any atom is 0.407 e. The van der Waals surface area contributed by atoms with Crippen LogP contribution in [-0.2, 0) is 0 Å². The first-order valence-corrected chi connectivity index (χ1v) is 6.54. The van der Waals surface area contributed by atoms with Gasteiger partial charge in [0.05, 0.1) is 17.9 Å². The molecule has 1 aliphatic rings. The minimum Gasteiger partial charge on any atom is -0.465 e. The SMILES string of the molecule is CC(C)(C)C1CN(c2cccnc2)CCN1C(=O)O. The van der Waals surface area contributed by atoms with Crippen LogP contribution < -0.4 is 4.90 Å². The van der Waals surface area contributed by atoms with Gasteiger partial charge in [0.1, 0.15) is 0 Å². The standard InChI is InChI=1S/C14H21N3O2/c1-14(2,3)12-10-16(7-8-17(12)13(18)19)11-5-4-6-15-9-11/h4-6,9,12H,7-8,10H2,1-3H3,(H,18,19). The molecule has 1 aromatic heterocycles. The van der Waals surface area contributed by atoms with Gasteiger partial charge in [0.2, 0.25) is 0 Å². The lowest BCUT2D eigenvalue weighted by Gasteiger charge is -2.46. The van der Waals surface area contributed by atoms with Gasteiger partial charge < -0.3 is 14.9 Å². The highest BCUT2D eigenvalue weighted by Gasteiger charge is 2.37. The minimum atomic E-state index is -0.828. The Hall–Kier alpha value is -1.78. The Balaban J connectivity index is 2.20. The van der Waals surface area contributed by atoms with Gasteiger partial charge in [-0.25, -0.2) is 4.79 Å². The van der Waals surface area contributed by atoms with Crippen LogP contribution in [0.2, 0.25) is 0 Å². The lowest BCUT2D eigenvalue weighted by Crippen LogP contribution is -2.59. The van der Waals surface area contributed by atoms with Gasteiger partial charge in [-0.3, -0.25) is 4.98 Å². The average molecular weight is 263 g/mol. The van der Waals surface area contributed by atoms with Crippen molar-refractivity contribution in [2.45, 2.75) is 26.8 Å². The fourth-order valence-electron chi connectivity index (χ4n) is 2.53. The zero-order valence-electron chi connectivity index (χ0n) is 11.7. The molecule has 5 heteroatoms. The lowest BCUT2D eigenvalue weighted by atomic mass is 9.84. The molecule has 1 N–H and O–H groups in total. The Morgan fingerprint density at radius 1 is 1.42 bits per heavy atom. The van der Waals surface area contributed by atoms with E-state index in [0.717, 1.165) is 5.69 Å². The quantitative estimate of drug-likeness (QED) is 0.844. The molecule has 1 saturated heterocycles. The second kappa shape index (κ2) is 5.07. The summed E-state index contributed by atoms with van der Waals surface area (Å²) in [5.41, 5.74) is 0.973. The highest BCUT2D eigenvalue weighted by Crippen LogP contribution is 2.29. The van der Waals surface area contributed by atoms with Crippen molar-refractivity contribution >= 4 is 11.8 Å². The van der Waals surface area contributed by atoms with Crippen LogP contribution in [0, 0.1) is 5.41 Å². The van der Waals surface area contributed by atoms with Crippen LogP contribution in [0.1, 0.15) is 20.8 Å². The first kappa shape index (κ1) is 13.6. The van der Waals surface area contributed by atoms with Crippen molar-refractivity contribution < 1.29 is 9.90 Å². The van der Waals surface area contributed by atoms with Crippen LogP contribution in [0.15, 0.2) is 24.5 Å². The van der Waals surface area contributed by atoms with E-state index in [4.69, 9.17) is 0 Å². The molecule has 1 atom stereocenters. The topological polar surface area (TPSA) is 56.7 Å². The summed E-state index contributed by atoms with van der Waals surface area (Å²) in [6.07, 6.45) is 2.75. The molecule has 104 valence electrons. The number of rotatable bonds is 1. The van der Waals surface area contributed by atoms with Gasteiger partial charge in [-0.1, -0.05) is 20.8 Å². The molecule has 1 amide bonds. The Morgan fingerprint density at radius 3 is 2.68 bits per heavy atom. The van der Waals surface area contributed by atoms with Crippen LogP contribution in [0.3, 0.4) is 0 Å². The fraction of sp³-hybridized carbons (Fsp3) is 0.571. The maximum absolute atomic E-state index is 11.3. The van der Waals surface area contributed by atoms with E-state index >= 15 is 0 Å². The molecule has 2 heterocycles. The van der Waals surface area contributed by atoms with Crippen LogP contribution in [0.25, 0.3) is 0 Å². The molecule has 0 aliphatic carbocycles. The van der Waals surface area contributed by atoms with E-state index in [0.29, 0.717) is 19.6 Å². The molecular weight excluding hydrogens is 242 g/mol. The van der Waals surface area contributed by atoms with Gasteiger partial charge >= 0.3 is 6.09 Å². The Kier molecular flexibility index (Phi) is 3.64. The van der Waals surface area contributed by atoms with Crippen molar-refractivity contribution in [3.05, 3.63) is 24.5 Å². The third-order valence-electron chi connectivity index (χ3n) is 3.64. The molecule has 0 radical (unpaired) electrons. The highest BCUT2D eigenvalue weighted by molar-refractivity contribution is 5.66. The molecule has 1 aliphatic heterocycles. The third-order valence-corrected chi connectivity index (χ3v) is 3.64. The monoisotopic (exact) mass is 263 g/mol. The van der Waals surface area contributed by atoms with E-state index in [-0.39, 0.29) is 11.5 Å². The molecular formula is C14H21N3O2. The van der Waals surface area contributed by atoms with E-state index in [1.807, 2.05) is 18.3 Å². The second-order valence-corrected chi connectivity index (χ2v) is 6.02. The summed E-state index contributed by atoms with van der Waals surface area (Å²) in [4.78, 5) is 19.3. The first-order valence-electron chi connectivity index (χ1n) is 6.54. The third kappa shape index (κ3) is 2.97. The van der Waals surface area contributed by atoms with Crippen molar-refractivity contribution in [1.29, 1.82) is 0 Å². The van der Waals surface area contributed by atoms with E-state index in [9.17, 15) is 9.90 Å². The second-order valence-electron chi connectivity index (χ2n) is 6.02. The highest BCUT2D eigenvalue weighted by atomic mass is 16.4. The Labute approximate surface area is 113 Å². The average Bonchev–Trinajstić information content (AvgIpc) is 2.38. The van der Waals surface area contributed by atoms with E-state index in [2.05, 4.69) is 30.7 Å². The van der Waals surface area contributed by atoms with Crippen molar-refractivity contribution in [2.75, 3.05) is 24.5 Å². The predicted octanol–water partition coefficient (Wildman–Crippen LogP) is 2.30. The summed E-state index contributed by atoms with van der Waals surface area (Å²) in [6.45, 7) is 8.21.